The molecule has 0 bridgehead atoms. The molecule has 3 rings (SSSR count). The van der Waals surface area contributed by atoms with E-state index >= 15 is 0 Å². The molecule has 0 spiro atoms. The van der Waals surface area contributed by atoms with Crippen molar-refractivity contribution < 1.29 is 22.7 Å². The molecule has 0 aliphatic heterocycles. The maximum Gasteiger partial charge on any atom is 0.264 e. The van der Waals surface area contributed by atoms with E-state index in [0.717, 1.165) is 15.4 Å². The second-order valence-corrected chi connectivity index (χ2v) is 11.4. The third kappa shape index (κ3) is 7.38. The quantitative estimate of drug-likeness (QED) is 0.357. The zero-order valence-electron chi connectivity index (χ0n) is 23.1. The highest BCUT2D eigenvalue weighted by Gasteiger charge is 2.34. The van der Waals surface area contributed by atoms with Crippen LogP contribution in [0.1, 0.15) is 38.3 Å². The maximum absolute atomic E-state index is 14.0. The number of ether oxygens (including phenoxy) is 1. The summed E-state index contributed by atoms with van der Waals surface area (Å²) in [4.78, 5) is 28.8. The second-order valence-electron chi connectivity index (χ2n) is 9.56. The lowest BCUT2D eigenvalue weighted by Gasteiger charge is -2.34. The Bertz CT molecular complexity index is 1360. The Morgan fingerprint density at radius 2 is 1.54 bits per heavy atom. The average Bonchev–Trinajstić information content (AvgIpc) is 2.92. The van der Waals surface area contributed by atoms with E-state index in [0.29, 0.717) is 17.9 Å². The molecule has 0 aromatic heterocycles. The van der Waals surface area contributed by atoms with E-state index in [1.165, 1.54) is 24.1 Å². The minimum atomic E-state index is -4.11. The van der Waals surface area contributed by atoms with E-state index in [-0.39, 0.29) is 23.4 Å². The van der Waals surface area contributed by atoms with Gasteiger partial charge in [0.05, 0.1) is 17.7 Å². The fourth-order valence-corrected chi connectivity index (χ4v) is 5.70. The van der Waals surface area contributed by atoms with Crippen molar-refractivity contribution in [3.63, 3.8) is 0 Å². The average molecular weight is 552 g/mol. The topological polar surface area (TPSA) is 96.0 Å². The number of nitrogens with one attached hydrogen (secondary N) is 1. The summed E-state index contributed by atoms with van der Waals surface area (Å²) in [5, 5.41) is 2.90. The second kappa shape index (κ2) is 13.3. The van der Waals surface area contributed by atoms with Gasteiger partial charge in [-0.1, -0.05) is 49.4 Å². The summed E-state index contributed by atoms with van der Waals surface area (Å²) in [5.74, 6) is -0.213. The minimum Gasteiger partial charge on any atom is -0.497 e. The Balaban J connectivity index is 2.06. The molecular weight excluding hydrogens is 514 g/mol. The van der Waals surface area contributed by atoms with Crippen molar-refractivity contribution >= 4 is 27.5 Å². The molecule has 208 valence electrons. The van der Waals surface area contributed by atoms with Gasteiger partial charge in [0.25, 0.3) is 10.0 Å². The highest BCUT2D eigenvalue weighted by molar-refractivity contribution is 7.92. The zero-order chi connectivity index (χ0) is 28.6. The fourth-order valence-electron chi connectivity index (χ4n) is 4.27. The number of aryl methyl sites for hydroxylation is 1. The lowest BCUT2D eigenvalue weighted by Crippen LogP contribution is -2.53. The van der Waals surface area contributed by atoms with Gasteiger partial charge < -0.3 is 15.0 Å². The number of anilines is 1. The summed E-state index contributed by atoms with van der Waals surface area (Å²) in [6.45, 7) is 7.17. The fraction of sp³-hybridized carbons (Fsp3) is 0.333. The van der Waals surface area contributed by atoms with Crippen LogP contribution >= 0.6 is 0 Å². The molecule has 0 aliphatic carbocycles. The summed E-state index contributed by atoms with van der Waals surface area (Å²) < 4.78 is 34.0. The molecule has 2 amide bonds. The van der Waals surface area contributed by atoms with Gasteiger partial charge in [0.15, 0.2) is 0 Å². The highest BCUT2D eigenvalue weighted by atomic mass is 32.2. The molecule has 3 aromatic carbocycles. The minimum absolute atomic E-state index is 0.0589. The van der Waals surface area contributed by atoms with Crippen molar-refractivity contribution in [3.05, 3.63) is 90.0 Å². The van der Waals surface area contributed by atoms with Crippen LogP contribution in [0.3, 0.4) is 0 Å². The Morgan fingerprint density at radius 3 is 2.10 bits per heavy atom. The van der Waals surface area contributed by atoms with Crippen molar-refractivity contribution in [1.29, 1.82) is 0 Å². The highest BCUT2D eigenvalue weighted by Crippen LogP contribution is 2.27. The Kier molecular flexibility index (Phi) is 10.1. The molecule has 9 heteroatoms. The van der Waals surface area contributed by atoms with E-state index in [9.17, 15) is 18.0 Å². The summed E-state index contributed by atoms with van der Waals surface area (Å²) in [7, 11) is -2.59. The van der Waals surface area contributed by atoms with Gasteiger partial charge in [-0.05, 0) is 74.7 Å². The van der Waals surface area contributed by atoms with E-state index in [2.05, 4.69) is 5.32 Å². The van der Waals surface area contributed by atoms with Crippen molar-refractivity contribution in [2.75, 3.05) is 18.0 Å². The molecule has 0 aliphatic rings. The number of hydrogen-bond donors (Lipinski definition) is 1. The molecule has 8 nitrogen and oxygen atoms in total. The van der Waals surface area contributed by atoms with Gasteiger partial charge in [-0.2, -0.15) is 0 Å². The molecule has 1 N–H and O–H groups in total. The molecule has 0 saturated carbocycles. The number of rotatable bonds is 12. The van der Waals surface area contributed by atoms with Gasteiger partial charge in [-0.3, -0.25) is 13.9 Å². The first-order valence-corrected chi connectivity index (χ1v) is 14.4. The lowest BCUT2D eigenvalue weighted by atomic mass is 10.1. The van der Waals surface area contributed by atoms with Crippen LogP contribution in [0, 0.1) is 6.92 Å². The summed E-state index contributed by atoms with van der Waals surface area (Å²) >= 11 is 0. The monoisotopic (exact) mass is 551 g/mol. The summed E-state index contributed by atoms with van der Waals surface area (Å²) in [6.07, 6.45) is 0.365. The maximum atomic E-state index is 14.0. The van der Waals surface area contributed by atoms with Crippen LogP contribution in [0.5, 0.6) is 5.75 Å². The molecule has 0 fully saturated rings. The first-order chi connectivity index (χ1) is 18.6. The molecule has 0 unspecified atom stereocenters. The van der Waals surface area contributed by atoms with Gasteiger partial charge in [-0.15, -0.1) is 0 Å². The first-order valence-electron chi connectivity index (χ1n) is 12.9. The molecular formula is C30H37N3O5S. The summed E-state index contributed by atoms with van der Waals surface area (Å²) in [5.41, 5.74) is 2.16. The molecule has 0 radical (unpaired) electrons. The predicted octanol–water partition coefficient (Wildman–Crippen LogP) is 4.53. The normalized spacial score (nSPS) is 12.1. The van der Waals surface area contributed by atoms with Crippen LogP contribution in [0.15, 0.2) is 83.8 Å². The number of benzene rings is 3. The van der Waals surface area contributed by atoms with Crippen molar-refractivity contribution in [1.82, 2.24) is 10.2 Å². The number of sulfonamides is 1. The van der Waals surface area contributed by atoms with E-state index in [4.69, 9.17) is 4.74 Å². The van der Waals surface area contributed by atoms with Crippen molar-refractivity contribution in [2.24, 2.45) is 0 Å². The van der Waals surface area contributed by atoms with Gasteiger partial charge in [0.1, 0.15) is 18.3 Å². The van der Waals surface area contributed by atoms with E-state index in [1.807, 2.05) is 52.0 Å². The van der Waals surface area contributed by atoms with Crippen molar-refractivity contribution in [2.45, 2.75) is 57.6 Å². The Hall–Kier alpha value is -3.85. The molecule has 39 heavy (non-hydrogen) atoms. The van der Waals surface area contributed by atoms with Crippen molar-refractivity contribution in [3.8, 4) is 5.75 Å². The number of hydrogen-bond acceptors (Lipinski definition) is 5. The molecule has 1 atom stereocenters. The van der Waals surface area contributed by atoms with Gasteiger partial charge in [-0.25, -0.2) is 8.42 Å². The Morgan fingerprint density at radius 1 is 0.923 bits per heavy atom. The van der Waals surface area contributed by atoms with Crippen LogP contribution < -0.4 is 14.4 Å². The van der Waals surface area contributed by atoms with Gasteiger partial charge in [0.2, 0.25) is 11.8 Å². The first kappa shape index (κ1) is 29.7. The number of carbonyl (C=O) groups excluding carboxylic acids is 2. The molecule has 0 saturated heterocycles. The number of amides is 2. The van der Waals surface area contributed by atoms with Gasteiger partial charge in [0, 0.05) is 12.6 Å². The van der Waals surface area contributed by atoms with Crippen LogP contribution in [0.25, 0.3) is 0 Å². The molecule has 0 heterocycles. The van der Waals surface area contributed by atoms with E-state index < -0.39 is 28.5 Å². The number of nitrogens with zero attached hydrogens (tertiary/aromatic N) is 2. The van der Waals surface area contributed by atoms with Crippen LogP contribution in [0.2, 0.25) is 0 Å². The lowest BCUT2D eigenvalue weighted by molar-refractivity contribution is -0.140. The largest absolute Gasteiger partial charge is 0.497 e. The number of carbonyl (C=O) groups is 2. The number of methoxy groups -OCH3 is 1. The standard InChI is InChI=1S/C30H37N3O5S/c1-6-28(30(35)31-22(2)3)32(20-24-13-11-10-12-23(24)4)29(34)21-33(25-16-18-26(38-5)19-17-25)39(36,37)27-14-8-7-9-15-27/h7-19,22,28H,6,20-21H2,1-5H3,(H,31,35)/t28-/m1/s1. The zero-order valence-corrected chi connectivity index (χ0v) is 23.9. The SMILES string of the molecule is CC[C@H](C(=O)NC(C)C)N(Cc1ccccc1C)C(=O)CN(c1ccc(OC)cc1)S(=O)(=O)c1ccccc1. The van der Waals surface area contributed by atoms with Crippen LogP contribution in [-0.4, -0.2) is 50.9 Å². The van der Waals surface area contributed by atoms with Crippen LogP contribution in [0.4, 0.5) is 5.69 Å². The Labute approximate surface area is 231 Å². The van der Waals surface area contributed by atoms with E-state index in [1.54, 1.807) is 42.5 Å². The van der Waals surface area contributed by atoms with Crippen LogP contribution in [-0.2, 0) is 26.2 Å². The molecule has 3 aromatic rings. The predicted molar refractivity (Wildman–Crippen MR) is 153 cm³/mol. The third-order valence-corrected chi connectivity index (χ3v) is 8.18. The third-order valence-electron chi connectivity index (χ3n) is 6.39. The smallest absolute Gasteiger partial charge is 0.264 e. The summed E-state index contributed by atoms with van der Waals surface area (Å²) in [6, 6.07) is 21.2. The van der Waals surface area contributed by atoms with Gasteiger partial charge >= 0.3 is 0 Å².